The first kappa shape index (κ1) is 21.8. The minimum atomic E-state index is -5.10. The van der Waals surface area contributed by atoms with E-state index in [2.05, 4.69) is 14.2 Å². The Morgan fingerprint density at radius 1 is 0.613 bits per heavy atom. The van der Waals surface area contributed by atoms with Gasteiger partial charge in [0, 0.05) is 0 Å². The Labute approximate surface area is 166 Å². The van der Waals surface area contributed by atoms with Gasteiger partial charge in [0.2, 0.25) is 0 Å². The van der Waals surface area contributed by atoms with Gasteiger partial charge >= 0.3 is 35.6 Å². The Balaban J connectivity index is 1.94. The van der Waals surface area contributed by atoms with E-state index in [1.807, 2.05) is 0 Å². The average Bonchev–Trinajstić information content (AvgIpc) is 3.42. The molecule has 4 rings (SSSR count). The third-order valence-corrected chi connectivity index (χ3v) is 4.75. The Morgan fingerprint density at radius 2 is 0.903 bits per heavy atom. The second kappa shape index (κ2) is 6.11. The fourth-order valence-electron chi connectivity index (χ4n) is 3.03. The number of halogens is 10. The van der Waals surface area contributed by atoms with Crippen molar-refractivity contribution in [3.63, 3.8) is 0 Å². The van der Waals surface area contributed by atoms with Crippen molar-refractivity contribution >= 4 is 0 Å². The van der Waals surface area contributed by atoms with Gasteiger partial charge in [0.1, 0.15) is 11.6 Å². The third kappa shape index (κ3) is 2.72. The molecule has 2 aliphatic heterocycles. The van der Waals surface area contributed by atoms with Gasteiger partial charge in [0.25, 0.3) is 0 Å². The van der Waals surface area contributed by atoms with Crippen molar-refractivity contribution in [1.29, 1.82) is 0 Å². The average molecular weight is 462 g/mol. The molecule has 0 bridgehead atoms. The fraction of sp³-hybridized carbons (Fsp3) is 0.333. The summed E-state index contributed by atoms with van der Waals surface area (Å²) in [6.45, 7) is 0. The standard InChI is InChI=1S/C18H8F10O3/c19-11-7-3-1-5-9(11)13(21,15(23)17(25,26)30-15)29-14(22,16(24)18(27,28)31-16)10-6-2-4-8-12(10)20/h1-8H. The van der Waals surface area contributed by atoms with Gasteiger partial charge in [0.05, 0.1) is 11.1 Å². The van der Waals surface area contributed by atoms with E-state index in [4.69, 9.17) is 0 Å². The van der Waals surface area contributed by atoms with E-state index in [9.17, 15) is 35.1 Å². The molecule has 0 aromatic heterocycles. The molecule has 0 aliphatic carbocycles. The molecule has 31 heavy (non-hydrogen) atoms. The summed E-state index contributed by atoms with van der Waals surface area (Å²) in [5.41, 5.74) is -3.61. The molecule has 168 valence electrons. The van der Waals surface area contributed by atoms with Crippen LogP contribution < -0.4 is 0 Å². The zero-order valence-electron chi connectivity index (χ0n) is 14.6. The summed E-state index contributed by atoms with van der Waals surface area (Å²) in [4.78, 5) is 0. The quantitative estimate of drug-likeness (QED) is 0.420. The number of hydrogen-bond acceptors (Lipinski definition) is 3. The van der Waals surface area contributed by atoms with Gasteiger partial charge in [-0.1, -0.05) is 36.4 Å². The smallest absolute Gasteiger partial charge is 0.291 e. The zero-order chi connectivity index (χ0) is 23.1. The predicted molar refractivity (Wildman–Crippen MR) is 79.2 cm³/mol. The SMILES string of the molecule is Fc1ccccc1C(F)(OC(F)(c1ccccc1F)C1(F)OC1(F)F)C1(F)OC1(F)F. The van der Waals surface area contributed by atoms with Crippen molar-refractivity contribution in [2.45, 2.75) is 35.6 Å². The molecule has 2 fully saturated rings. The maximum atomic E-state index is 15.7. The number of hydrogen-bond donors (Lipinski definition) is 0. The van der Waals surface area contributed by atoms with E-state index in [1.54, 1.807) is 0 Å². The second-order valence-corrected chi connectivity index (χ2v) is 6.68. The first-order chi connectivity index (χ1) is 14.2. The highest BCUT2D eigenvalue weighted by atomic mass is 19.3. The molecule has 2 aliphatic rings. The second-order valence-electron chi connectivity index (χ2n) is 6.68. The van der Waals surface area contributed by atoms with Crippen LogP contribution >= 0.6 is 0 Å². The minimum absolute atomic E-state index is 0.285. The largest absolute Gasteiger partial charge is 0.424 e. The van der Waals surface area contributed by atoms with Gasteiger partial charge in [0.15, 0.2) is 0 Å². The topological polar surface area (TPSA) is 34.3 Å². The highest BCUT2D eigenvalue weighted by molar-refractivity contribution is 5.32. The molecular formula is C18H8F10O3. The van der Waals surface area contributed by atoms with Gasteiger partial charge in [-0.15, -0.1) is 0 Å². The van der Waals surface area contributed by atoms with E-state index in [-0.39, 0.29) is 12.1 Å². The van der Waals surface area contributed by atoms with E-state index >= 15 is 8.78 Å². The van der Waals surface area contributed by atoms with Gasteiger partial charge in [-0.05, 0) is 12.1 Å². The lowest BCUT2D eigenvalue weighted by atomic mass is 9.97. The Hall–Kier alpha value is -2.38. The van der Waals surface area contributed by atoms with Gasteiger partial charge in [-0.25, -0.2) is 8.78 Å². The molecule has 0 amide bonds. The van der Waals surface area contributed by atoms with Crippen LogP contribution in [-0.2, 0) is 25.9 Å². The van der Waals surface area contributed by atoms with Crippen LogP contribution in [0.4, 0.5) is 43.9 Å². The number of epoxide rings is 2. The Kier molecular flexibility index (Phi) is 4.30. The monoisotopic (exact) mass is 462 g/mol. The summed E-state index contributed by atoms with van der Waals surface area (Å²) in [5, 5.41) is 0. The molecule has 2 heterocycles. The molecule has 2 saturated heterocycles. The molecular weight excluding hydrogens is 454 g/mol. The van der Waals surface area contributed by atoms with Crippen molar-refractivity contribution in [3.05, 3.63) is 71.3 Å². The van der Waals surface area contributed by atoms with E-state index in [0.29, 0.717) is 12.1 Å². The summed E-state index contributed by atoms with van der Waals surface area (Å²) < 4.78 is 154. The lowest BCUT2D eigenvalue weighted by Crippen LogP contribution is -2.52. The minimum Gasteiger partial charge on any atom is -0.291 e. The van der Waals surface area contributed by atoms with E-state index < -0.39 is 58.4 Å². The zero-order valence-corrected chi connectivity index (χ0v) is 14.6. The highest BCUT2D eigenvalue weighted by Gasteiger charge is 2.94. The summed E-state index contributed by atoms with van der Waals surface area (Å²) in [5.74, 6) is -23.8. The van der Waals surface area contributed by atoms with Gasteiger partial charge < -0.3 is 0 Å². The molecule has 4 unspecified atom stereocenters. The molecule has 4 atom stereocenters. The molecule has 2 aromatic carbocycles. The third-order valence-electron chi connectivity index (χ3n) is 4.75. The van der Waals surface area contributed by atoms with Gasteiger partial charge in [-0.3, -0.25) is 14.2 Å². The van der Waals surface area contributed by atoms with Crippen LogP contribution in [0.2, 0.25) is 0 Å². The normalized spacial score (nSPS) is 32.1. The predicted octanol–water partition coefficient (Wildman–Crippen LogP) is 5.50. The van der Waals surface area contributed by atoms with Crippen LogP contribution in [0.3, 0.4) is 0 Å². The molecule has 0 spiro atoms. The number of ether oxygens (including phenoxy) is 3. The molecule has 0 saturated carbocycles. The van der Waals surface area contributed by atoms with Crippen LogP contribution in [0, 0.1) is 11.6 Å². The lowest BCUT2D eigenvalue weighted by molar-refractivity contribution is -0.370. The molecule has 2 aromatic rings. The maximum absolute atomic E-state index is 15.7. The Morgan fingerprint density at radius 3 is 1.16 bits per heavy atom. The Bertz CT molecular complexity index is 969. The fourth-order valence-corrected chi connectivity index (χ4v) is 3.03. The number of rotatable bonds is 6. The molecule has 0 N–H and O–H groups in total. The van der Waals surface area contributed by atoms with Crippen molar-refractivity contribution in [1.82, 2.24) is 0 Å². The number of benzene rings is 2. The molecule has 13 heteroatoms. The lowest BCUT2D eigenvalue weighted by Gasteiger charge is -2.35. The first-order valence-electron chi connectivity index (χ1n) is 8.27. The summed E-state index contributed by atoms with van der Waals surface area (Å²) in [6, 6.07) is 4.64. The van der Waals surface area contributed by atoms with Crippen molar-refractivity contribution in [3.8, 4) is 0 Å². The van der Waals surface area contributed by atoms with Crippen molar-refractivity contribution < 1.29 is 58.1 Å². The maximum Gasteiger partial charge on any atom is 0.424 e. The van der Waals surface area contributed by atoms with Crippen molar-refractivity contribution in [2.75, 3.05) is 0 Å². The number of alkyl halides is 8. The molecule has 0 radical (unpaired) electrons. The van der Waals surface area contributed by atoms with Crippen LogP contribution in [0.1, 0.15) is 11.1 Å². The van der Waals surface area contributed by atoms with Crippen LogP contribution in [-0.4, -0.2) is 23.9 Å². The summed E-state index contributed by atoms with van der Waals surface area (Å²) in [7, 11) is 0. The van der Waals surface area contributed by atoms with Crippen LogP contribution in [0.15, 0.2) is 48.5 Å². The van der Waals surface area contributed by atoms with Crippen LogP contribution in [0.5, 0.6) is 0 Å². The molecule has 3 nitrogen and oxygen atoms in total. The van der Waals surface area contributed by atoms with E-state index in [0.717, 1.165) is 24.3 Å². The van der Waals surface area contributed by atoms with Crippen LogP contribution in [0.25, 0.3) is 0 Å². The summed E-state index contributed by atoms with van der Waals surface area (Å²) in [6.07, 6.45) is -10.1. The van der Waals surface area contributed by atoms with Crippen molar-refractivity contribution in [2.24, 2.45) is 0 Å². The highest BCUT2D eigenvalue weighted by Crippen LogP contribution is 2.69. The van der Waals surface area contributed by atoms with E-state index in [1.165, 1.54) is 0 Å². The van der Waals surface area contributed by atoms with Gasteiger partial charge in [-0.2, -0.15) is 35.1 Å². The summed E-state index contributed by atoms with van der Waals surface area (Å²) >= 11 is 0. The first-order valence-corrected chi connectivity index (χ1v) is 8.27.